The number of aromatic nitrogens is 2. The molecule has 2 aromatic heterocycles. The van der Waals surface area contributed by atoms with E-state index in [-0.39, 0.29) is 0 Å². The maximum Gasteiger partial charge on any atom is 0.185 e. The lowest BCUT2D eigenvalue weighted by atomic mass is 10.4. The molecule has 1 N–H and O–H groups in total. The molecule has 0 atom stereocenters. The summed E-state index contributed by atoms with van der Waals surface area (Å²) in [5, 5.41) is 11.9. The van der Waals surface area contributed by atoms with Crippen LogP contribution in [-0.2, 0) is 6.54 Å². The van der Waals surface area contributed by atoms with Gasteiger partial charge in [-0.1, -0.05) is 0 Å². The highest BCUT2D eigenvalue weighted by molar-refractivity contribution is 5.50. The number of anilines is 2. The summed E-state index contributed by atoms with van der Waals surface area (Å²) in [4.78, 5) is 9.44. The highest BCUT2D eigenvalue weighted by Crippen LogP contribution is 2.13. The number of furan rings is 1. The Morgan fingerprint density at radius 3 is 2.94 bits per heavy atom. The second kappa shape index (κ2) is 5.19. The summed E-state index contributed by atoms with van der Waals surface area (Å²) in [6.07, 6.45) is 3.40. The molecule has 2 heterocycles. The number of hydrogen-bond acceptors (Lipinski definition) is 6. The standard InChI is InChI=1S/C12H13N5O/c1-9-3-4-10(18-9)6-14-11-5-12(16-8-15-11)17(2)7-13/h3-5,8H,6H2,1-2H3,(H,14,15,16). The molecule has 0 aliphatic rings. The molecular formula is C12H13N5O. The highest BCUT2D eigenvalue weighted by atomic mass is 16.3. The van der Waals surface area contributed by atoms with E-state index in [1.165, 1.54) is 11.2 Å². The van der Waals surface area contributed by atoms with Crippen molar-refractivity contribution in [2.24, 2.45) is 0 Å². The van der Waals surface area contributed by atoms with Crippen LogP contribution in [0.25, 0.3) is 0 Å². The van der Waals surface area contributed by atoms with Crippen LogP contribution in [0, 0.1) is 18.4 Å². The molecule has 0 aliphatic heterocycles. The molecule has 92 valence electrons. The zero-order chi connectivity index (χ0) is 13.0. The zero-order valence-electron chi connectivity index (χ0n) is 10.2. The summed E-state index contributed by atoms with van der Waals surface area (Å²) in [6, 6.07) is 5.52. The van der Waals surface area contributed by atoms with Crippen molar-refractivity contribution in [1.82, 2.24) is 9.97 Å². The van der Waals surface area contributed by atoms with E-state index in [0.29, 0.717) is 18.2 Å². The summed E-state index contributed by atoms with van der Waals surface area (Å²) in [7, 11) is 1.64. The molecule has 0 amide bonds. The highest BCUT2D eigenvalue weighted by Gasteiger charge is 2.04. The average Bonchev–Trinajstić information content (AvgIpc) is 2.81. The number of nitriles is 1. The second-order valence-corrected chi connectivity index (χ2v) is 3.79. The van der Waals surface area contributed by atoms with Crippen molar-refractivity contribution in [3.63, 3.8) is 0 Å². The smallest absolute Gasteiger partial charge is 0.185 e. The molecule has 0 spiro atoms. The van der Waals surface area contributed by atoms with Crippen LogP contribution in [0.1, 0.15) is 11.5 Å². The van der Waals surface area contributed by atoms with Gasteiger partial charge in [0.25, 0.3) is 0 Å². The fourth-order valence-corrected chi connectivity index (χ4v) is 1.44. The first-order valence-electron chi connectivity index (χ1n) is 5.44. The summed E-state index contributed by atoms with van der Waals surface area (Å²) in [5.41, 5.74) is 0. The van der Waals surface area contributed by atoms with Gasteiger partial charge in [0.1, 0.15) is 29.5 Å². The first kappa shape index (κ1) is 11.9. The van der Waals surface area contributed by atoms with Crippen molar-refractivity contribution in [3.05, 3.63) is 36.0 Å². The van der Waals surface area contributed by atoms with Crippen molar-refractivity contribution in [2.45, 2.75) is 13.5 Å². The maximum atomic E-state index is 8.77. The predicted octanol–water partition coefficient (Wildman–Crippen LogP) is 1.91. The Kier molecular flexibility index (Phi) is 3.44. The SMILES string of the molecule is Cc1ccc(CNc2cc(N(C)C#N)ncn2)o1. The molecule has 0 bridgehead atoms. The van der Waals surface area contributed by atoms with Crippen molar-refractivity contribution < 1.29 is 4.42 Å². The van der Waals surface area contributed by atoms with Crippen molar-refractivity contribution in [3.8, 4) is 6.19 Å². The van der Waals surface area contributed by atoms with Crippen molar-refractivity contribution in [2.75, 3.05) is 17.3 Å². The molecule has 6 heteroatoms. The van der Waals surface area contributed by atoms with Gasteiger partial charge in [-0.2, -0.15) is 5.26 Å². The van der Waals surface area contributed by atoms with Crippen molar-refractivity contribution >= 4 is 11.6 Å². The third kappa shape index (κ3) is 2.77. The quantitative estimate of drug-likeness (QED) is 0.652. The van der Waals surface area contributed by atoms with Crippen LogP contribution in [0.2, 0.25) is 0 Å². The first-order chi connectivity index (χ1) is 8.69. The average molecular weight is 243 g/mol. The van der Waals surface area contributed by atoms with Gasteiger partial charge in [0, 0.05) is 13.1 Å². The van der Waals surface area contributed by atoms with E-state index in [1.807, 2.05) is 25.2 Å². The summed E-state index contributed by atoms with van der Waals surface area (Å²) >= 11 is 0. The number of aryl methyl sites for hydroxylation is 1. The summed E-state index contributed by atoms with van der Waals surface area (Å²) < 4.78 is 5.44. The normalized spacial score (nSPS) is 9.83. The second-order valence-electron chi connectivity index (χ2n) is 3.79. The first-order valence-corrected chi connectivity index (χ1v) is 5.44. The number of rotatable bonds is 4. The molecule has 0 unspecified atom stereocenters. The van der Waals surface area contributed by atoms with Crippen LogP contribution in [0.5, 0.6) is 0 Å². The van der Waals surface area contributed by atoms with Gasteiger partial charge in [0.15, 0.2) is 6.19 Å². The fourth-order valence-electron chi connectivity index (χ4n) is 1.44. The lowest BCUT2D eigenvalue weighted by Gasteiger charge is -2.09. The topological polar surface area (TPSA) is 78.0 Å². The van der Waals surface area contributed by atoms with Gasteiger partial charge in [-0.3, -0.25) is 4.90 Å². The largest absolute Gasteiger partial charge is 0.465 e. The Hall–Kier alpha value is -2.55. The number of hydrogen-bond donors (Lipinski definition) is 1. The van der Waals surface area contributed by atoms with Gasteiger partial charge in [-0.05, 0) is 19.1 Å². The molecule has 0 radical (unpaired) electrons. The maximum absolute atomic E-state index is 8.77. The molecule has 2 rings (SSSR count). The van der Waals surface area contributed by atoms with Crippen LogP contribution >= 0.6 is 0 Å². The van der Waals surface area contributed by atoms with Crippen molar-refractivity contribution in [1.29, 1.82) is 5.26 Å². The molecule has 18 heavy (non-hydrogen) atoms. The minimum Gasteiger partial charge on any atom is -0.465 e. The predicted molar refractivity (Wildman–Crippen MR) is 66.8 cm³/mol. The Morgan fingerprint density at radius 2 is 2.28 bits per heavy atom. The van der Waals surface area contributed by atoms with E-state index in [4.69, 9.17) is 9.68 Å². The fraction of sp³-hybridized carbons (Fsp3) is 0.250. The van der Waals surface area contributed by atoms with E-state index in [2.05, 4.69) is 15.3 Å². The van der Waals surface area contributed by atoms with E-state index in [9.17, 15) is 0 Å². The lowest BCUT2D eigenvalue weighted by Crippen LogP contribution is -2.11. The van der Waals surface area contributed by atoms with Crippen LogP contribution < -0.4 is 10.2 Å². The third-order valence-corrected chi connectivity index (χ3v) is 2.39. The van der Waals surface area contributed by atoms with Crippen LogP contribution in [0.15, 0.2) is 28.9 Å². The van der Waals surface area contributed by atoms with Gasteiger partial charge in [-0.25, -0.2) is 9.97 Å². The van der Waals surface area contributed by atoms with E-state index in [1.54, 1.807) is 13.1 Å². The van der Waals surface area contributed by atoms with Gasteiger partial charge in [0.2, 0.25) is 0 Å². The Bertz CT molecular complexity index is 572. The minimum absolute atomic E-state index is 0.542. The Balaban J connectivity index is 2.04. The van der Waals surface area contributed by atoms with Gasteiger partial charge < -0.3 is 9.73 Å². The Morgan fingerprint density at radius 1 is 1.44 bits per heavy atom. The third-order valence-electron chi connectivity index (χ3n) is 2.39. The summed E-state index contributed by atoms with van der Waals surface area (Å²) in [5.74, 6) is 2.91. The van der Waals surface area contributed by atoms with Crippen LogP contribution in [-0.4, -0.2) is 17.0 Å². The molecular weight excluding hydrogens is 230 g/mol. The summed E-state index contributed by atoms with van der Waals surface area (Å²) in [6.45, 7) is 2.44. The van der Waals surface area contributed by atoms with Gasteiger partial charge >= 0.3 is 0 Å². The molecule has 0 aliphatic carbocycles. The molecule has 0 aromatic carbocycles. The number of nitrogens with one attached hydrogen (secondary N) is 1. The Labute approximate surface area is 105 Å². The molecule has 6 nitrogen and oxygen atoms in total. The van der Waals surface area contributed by atoms with Crippen LogP contribution in [0.4, 0.5) is 11.6 Å². The van der Waals surface area contributed by atoms with E-state index in [0.717, 1.165) is 11.5 Å². The zero-order valence-corrected chi connectivity index (χ0v) is 10.2. The molecule has 0 saturated heterocycles. The molecule has 0 fully saturated rings. The molecule has 0 saturated carbocycles. The molecule has 2 aromatic rings. The van der Waals surface area contributed by atoms with E-state index < -0.39 is 0 Å². The van der Waals surface area contributed by atoms with Gasteiger partial charge in [0.05, 0.1) is 6.54 Å². The minimum atomic E-state index is 0.542. The number of nitrogens with zero attached hydrogens (tertiary/aromatic N) is 4. The lowest BCUT2D eigenvalue weighted by molar-refractivity contribution is 0.490. The van der Waals surface area contributed by atoms with Gasteiger partial charge in [-0.15, -0.1) is 0 Å². The monoisotopic (exact) mass is 243 g/mol. The van der Waals surface area contributed by atoms with Crippen LogP contribution in [0.3, 0.4) is 0 Å². The van der Waals surface area contributed by atoms with E-state index >= 15 is 0 Å².